The van der Waals surface area contributed by atoms with Gasteiger partial charge in [0.1, 0.15) is 0 Å². The highest BCUT2D eigenvalue weighted by Gasteiger charge is 1.93. The van der Waals surface area contributed by atoms with Gasteiger partial charge in [-0.3, -0.25) is 0 Å². The van der Waals surface area contributed by atoms with E-state index in [1.165, 1.54) is 44.9 Å². The lowest BCUT2D eigenvalue weighted by atomic mass is 10.0. The summed E-state index contributed by atoms with van der Waals surface area (Å²) >= 11 is 0. The molecule has 0 nitrogen and oxygen atoms in total. The molecule has 0 aromatic rings. The molecule has 0 heteroatoms. The van der Waals surface area contributed by atoms with Crippen molar-refractivity contribution in [2.75, 3.05) is 0 Å². The van der Waals surface area contributed by atoms with Crippen LogP contribution in [0, 0.1) is 12.3 Å². The third kappa shape index (κ3) is 7.92. The minimum Gasteiger partial charge on any atom is -0.120 e. The summed E-state index contributed by atoms with van der Waals surface area (Å²) in [5.74, 6) is 2.69. The molecule has 0 aromatic carbocycles. The van der Waals surface area contributed by atoms with Gasteiger partial charge in [0.15, 0.2) is 0 Å². The van der Waals surface area contributed by atoms with Crippen molar-refractivity contribution in [1.29, 1.82) is 0 Å². The highest BCUT2D eigenvalue weighted by Crippen LogP contribution is 2.13. The van der Waals surface area contributed by atoms with Gasteiger partial charge in [0.2, 0.25) is 0 Å². The summed E-state index contributed by atoms with van der Waals surface area (Å²) in [6.07, 6.45) is 17.5. The molecule has 0 bridgehead atoms. The number of terminal acetylenes is 1. The molecule has 0 N–H and O–H groups in total. The largest absolute Gasteiger partial charge is 0.120 e. The van der Waals surface area contributed by atoms with E-state index in [-0.39, 0.29) is 0 Å². The minimum atomic E-state index is 0.953. The molecule has 0 unspecified atom stereocenters. The van der Waals surface area contributed by atoms with E-state index in [1.807, 2.05) is 0 Å². The van der Waals surface area contributed by atoms with E-state index in [1.54, 1.807) is 5.57 Å². The quantitative estimate of drug-likeness (QED) is 0.297. The van der Waals surface area contributed by atoms with Gasteiger partial charge < -0.3 is 0 Å². The van der Waals surface area contributed by atoms with Crippen LogP contribution in [0.2, 0.25) is 0 Å². The highest BCUT2D eigenvalue weighted by atomic mass is 14.0. The van der Waals surface area contributed by atoms with Crippen LogP contribution in [0.3, 0.4) is 0 Å². The molecule has 0 amide bonds. The van der Waals surface area contributed by atoms with Crippen molar-refractivity contribution in [2.24, 2.45) is 0 Å². The first-order valence-corrected chi connectivity index (χ1v) is 5.92. The van der Waals surface area contributed by atoms with Gasteiger partial charge in [-0.1, -0.05) is 37.8 Å². The molecule has 0 rings (SSSR count). The van der Waals surface area contributed by atoms with E-state index in [0.717, 1.165) is 6.42 Å². The lowest BCUT2D eigenvalue weighted by molar-refractivity contribution is 0.615. The summed E-state index contributed by atoms with van der Waals surface area (Å²) in [5.41, 5.74) is 1.61. The number of hydrogen-bond acceptors (Lipinski definition) is 0. The van der Waals surface area contributed by atoms with E-state index in [0.29, 0.717) is 0 Å². The predicted octanol–water partition coefficient (Wildman–Crippen LogP) is 4.71. The second-order valence-electron chi connectivity index (χ2n) is 3.77. The van der Waals surface area contributed by atoms with Gasteiger partial charge >= 0.3 is 0 Å². The minimum absolute atomic E-state index is 0.953. The van der Waals surface area contributed by atoms with Crippen molar-refractivity contribution in [2.45, 2.75) is 65.2 Å². The third-order valence-electron chi connectivity index (χ3n) is 2.68. The van der Waals surface area contributed by atoms with E-state index in [9.17, 15) is 0 Å². The second kappa shape index (κ2) is 10.4. The van der Waals surface area contributed by atoms with Crippen molar-refractivity contribution >= 4 is 0 Å². The van der Waals surface area contributed by atoms with Crippen molar-refractivity contribution < 1.29 is 0 Å². The van der Waals surface area contributed by atoms with Crippen LogP contribution in [0.25, 0.3) is 0 Å². The van der Waals surface area contributed by atoms with E-state index < -0.39 is 0 Å². The standard InChI is InChI=1S/C14H24/c1-4-7-8-9-10-11-12-13-14(5-2)6-3/h1,5H,6-13H2,2-3H3. The monoisotopic (exact) mass is 192 g/mol. The van der Waals surface area contributed by atoms with Gasteiger partial charge in [-0.2, -0.15) is 0 Å². The van der Waals surface area contributed by atoms with E-state index in [2.05, 4.69) is 25.8 Å². The van der Waals surface area contributed by atoms with Gasteiger partial charge in [-0.15, -0.1) is 12.3 Å². The van der Waals surface area contributed by atoms with Gasteiger partial charge in [-0.25, -0.2) is 0 Å². The molecule has 0 aliphatic heterocycles. The van der Waals surface area contributed by atoms with Gasteiger partial charge in [0, 0.05) is 6.42 Å². The van der Waals surface area contributed by atoms with Crippen LogP contribution in [0.4, 0.5) is 0 Å². The Kier molecular flexibility index (Phi) is 9.86. The molecule has 14 heavy (non-hydrogen) atoms. The van der Waals surface area contributed by atoms with Crippen LogP contribution in [0.15, 0.2) is 11.6 Å². The summed E-state index contributed by atoms with van der Waals surface area (Å²) in [6, 6.07) is 0. The van der Waals surface area contributed by atoms with Crippen molar-refractivity contribution in [3.05, 3.63) is 11.6 Å². The predicted molar refractivity (Wildman–Crippen MR) is 65.2 cm³/mol. The molecule has 0 aliphatic carbocycles. The molecule has 0 heterocycles. The number of unbranched alkanes of at least 4 members (excludes halogenated alkanes) is 5. The average Bonchev–Trinajstić information content (AvgIpc) is 2.22. The Bertz CT molecular complexity index is 181. The van der Waals surface area contributed by atoms with E-state index in [4.69, 9.17) is 6.42 Å². The summed E-state index contributed by atoms with van der Waals surface area (Å²) in [6.45, 7) is 4.38. The number of rotatable bonds is 8. The van der Waals surface area contributed by atoms with Crippen LogP contribution < -0.4 is 0 Å². The zero-order chi connectivity index (χ0) is 10.6. The summed E-state index contributed by atoms with van der Waals surface area (Å²) in [4.78, 5) is 0. The normalized spacial score (nSPS) is 11.4. The molecule has 80 valence electrons. The molecule has 0 fully saturated rings. The molecular formula is C14H24. The maximum atomic E-state index is 5.19. The summed E-state index contributed by atoms with van der Waals surface area (Å²) in [7, 11) is 0. The molecule has 0 aliphatic rings. The second-order valence-corrected chi connectivity index (χ2v) is 3.77. The van der Waals surface area contributed by atoms with Crippen molar-refractivity contribution in [1.82, 2.24) is 0 Å². The molecule has 0 spiro atoms. The van der Waals surface area contributed by atoms with Crippen LogP contribution in [-0.2, 0) is 0 Å². The first kappa shape index (κ1) is 13.3. The Morgan fingerprint density at radius 2 is 1.79 bits per heavy atom. The molecular weight excluding hydrogens is 168 g/mol. The van der Waals surface area contributed by atoms with Crippen molar-refractivity contribution in [3.8, 4) is 12.3 Å². The Hall–Kier alpha value is -0.700. The first-order chi connectivity index (χ1) is 6.85. The zero-order valence-corrected chi connectivity index (χ0v) is 9.81. The molecule has 0 radical (unpaired) electrons. The Balaban J connectivity index is 3.18. The fourth-order valence-electron chi connectivity index (χ4n) is 1.63. The van der Waals surface area contributed by atoms with Crippen LogP contribution in [0.5, 0.6) is 0 Å². The maximum Gasteiger partial charge on any atom is 0.00860 e. The van der Waals surface area contributed by atoms with Gasteiger partial charge in [0.25, 0.3) is 0 Å². The first-order valence-electron chi connectivity index (χ1n) is 5.92. The van der Waals surface area contributed by atoms with Crippen molar-refractivity contribution in [3.63, 3.8) is 0 Å². The number of hydrogen-bond donors (Lipinski definition) is 0. The maximum absolute atomic E-state index is 5.19. The molecule has 0 saturated carbocycles. The lowest BCUT2D eigenvalue weighted by Crippen LogP contribution is -1.83. The fraction of sp³-hybridized carbons (Fsp3) is 0.714. The Morgan fingerprint density at radius 1 is 1.14 bits per heavy atom. The highest BCUT2D eigenvalue weighted by molar-refractivity contribution is 4.98. The Morgan fingerprint density at radius 3 is 2.36 bits per heavy atom. The number of allylic oxidation sites excluding steroid dienone is 2. The van der Waals surface area contributed by atoms with E-state index >= 15 is 0 Å². The molecule has 0 aromatic heterocycles. The van der Waals surface area contributed by atoms with Gasteiger partial charge in [0.05, 0.1) is 0 Å². The SMILES string of the molecule is C#CCCCCCCCC(=CC)CC. The van der Waals surface area contributed by atoms with Crippen LogP contribution in [0.1, 0.15) is 65.2 Å². The average molecular weight is 192 g/mol. The lowest BCUT2D eigenvalue weighted by Gasteiger charge is -2.03. The fourth-order valence-corrected chi connectivity index (χ4v) is 1.63. The zero-order valence-electron chi connectivity index (χ0n) is 9.81. The van der Waals surface area contributed by atoms with Gasteiger partial charge in [-0.05, 0) is 32.6 Å². The molecule has 0 saturated heterocycles. The summed E-state index contributed by atoms with van der Waals surface area (Å²) in [5, 5.41) is 0. The Labute approximate surface area is 89.8 Å². The summed E-state index contributed by atoms with van der Waals surface area (Å²) < 4.78 is 0. The van der Waals surface area contributed by atoms with Crippen LogP contribution >= 0.6 is 0 Å². The smallest absolute Gasteiger partial charge is 0.00860 e. The molecule has 0 atom stereocenters. The van der Waals surface area contributed by atoms with Crippen LogP contribution in [-0.4, -0.2) is 0 Å². The topological polar surface area (TPSA) is 0 Å². The third-order valence-corrected chi connectivity index (χ3v) is 2.68.